The molecule has 0 saturated heterocycles. The Balaban J connectivity index is 0.000000671. The van der Waals surface area contributed by atoms with Crippen LogP contribution >= 0.6 is 25.2 Å². The molecule has 0 saturated carbocycles. The third-order valence-electron chi connectivity index (χ3n) is 1.13. The fourth-order valence-electron chi connectivity index (χ4n) is 0.662. The fourth-order valence-corrected chi connectivity index (χ4v) is 0.842. The summed E-state index contributed by atoms with van der Waals surface area (Å²) in [5.41, 5.74) is 0. The van der Waals surface area contributed by atoms with Gasteiger partial charge in [0.25, 0.3) is 0 Å². The maximum atomic E-state index is 5.77. The van der Waals surface area contributed by atoms with Crippen LogP contribution in [0.4, 0.5) is 0 Å². The van der Waals surface area contributed by atoms with E-state index in [4.69, 9.17) is 16.3 Å². The van der Waals surface area contributed by atoms with E-state index in [0.717, 1.165) is 0 Å². The molecule has 0 aromatic heterocycles. The van der Waals surface area contributed by atoms with Crippen molar-refractivity contribution in [1.82, 2.24) is 0 Å². The van der Waals surface area contributed by atoms with Gasteiger partial charge in [-0.1, -0.05) is 12.7 Å². The van der Waals surface area contributed by atoms with Crippen LogP contribution < -0.4 is 4.74 Å². The van der Waals surface area contributed by atoms with E-state index in [0.29, 0.717) is 17.4 Å². The van der Waals surface area contributed by atoms with Gasteiger partial charge in [0, 0.05) is 5.75 Å². The zero-order valence-corrected chi connectivity index (χ0v) is 12.4. The first-order chi connectivity index (χ1) is 6.34. The van der Waals surface area contributed by atoms with Gasteiger partial charge in [0.05, 0.1) is 0 Å². The van der Waals surface area contributed by atoms with E-state index in [1.54, 1.807) is 24.3 Å². The van der Waals surface area contributed by atoms with Crippen LogP contribution in [0.3, 0.4) is 0 Å². The molecule has 1 nitrogen and oxygen atoms in total. The summed E-state index contributed by atoms with van der Waals surface area (Å²) in [6.07, 6.45) is 1.67. The van der Waals surface area contributed by atoms with Crippen molar-refractivity contribution in [3.05, 3.63) is 41.9 Å². The van der Waals surface area contributed by atoms with Gasteiger partial charge in [-0.25, -0.2) is 0 Å². The molecule has 66 valence electrons. The minimum absolute atomic E-state index is 0.476. The minimum atomic E-state index is 0.476. The van der Waals surface area contributed by atoms with Crippen molar-refractivity contribution in [2.45, 2.75) is 0 Å². The number of hydrogen-bond donors (Lipinski definition) is 0. The molecule has 0 radical (unpaired) electrons. The topological polar surface area (TPSA) is 9.23 Å². The molecule has 1 aromatic carbocycles. The van der Waals surface area contributed by atoms with Crippen LogP contribution in [-0.2, 0) is 16.3 Å². The number of ether oxygens (including phenoxy) is 1. The third-order valence-corrected chi connectivity index (χ3v) is 1.43. The zero-order valence-electron chi connectivity index (χ0n) is 7.09. The molecule has 0 fully saturated rings. The van der Waals surface area contributed by atoms with Gasteiger partial charge in [-0.3, -0.25) is 0 Å². The Bertz CT molecular complexity index is 255. The molecule has 0 aliphatic heterocycles. The first-order valence-electron chi connectivity index (χ1n) is 3.50. The Kier molecular flexibility index (Phi) is 8.84. The van der Waals surface area contributed by atoms with E-state index in [9.17, 15) is 0 Å². The van der Waals surface area contributed by atoms with E-state index in [2.05, 4.69) is 26.3 Å². The molecular weight excluding hydrogens is 305 g/mol. The molecule has 0 spiro atoms. The van der Waals surface area contributed by atoms with Crippen LogP contribution in [0.25, 0.3) is 0 Å². The Morgan fingerprint density at radius 2 is 2.38 bits per heavy atom. The predicted molar refractivity (Wildman–Crippen MR) is 54.9 cm³/mol. The van der Waals surface area contributed by atoms with Crippen LogP contribution in [0.5, 0.6) is 5.75 Å². The molecule has 4 heteroatoms. The number of rotatable bonds is 3. The van der Waals surface area contributed by atoms with Gasteiger partial charge >= 0.3 is 30.0 Å². The van der Waals surface area contributed by atoms with Crippen molar-refractivity contribution in [2.75, 3.05) is 6.61 Å². The van der Waals surface area contributed by atoms with Crippen LogP contribution in [0, 0.1) is 6.07 Å². The number of halogens is 2. The molecular formula is C9H8BrClOZn. The maximum absolute atomic E-state index is 5.77. The number of hydrogen-bond acceptors (Lipinski definition) is 1. The van der Waals surface area contributed by atoms with Gasteiger partial charge < -0.3 is 4.74 Å². The van der Waals surface area contributed by atoms with Crippen molar-refractivity contribution in [3.8, 4) is 5.75 Å². The normalized spacial score (nSPS) is 8.31. The summed E-state index contributed by atoms with van der Waals surface area (Å²) in [6.45, 7) is 4.01. The van der Waals surface area contributed by atoms with E-state index in [1.807, 2.05) is 0 Å². The SMILES string of the molecule is C=CCOc1cc[c-]cc1Cl.[Zn+][Br]. The standard InChI is InChI=1S/C9H8ClO.BrH.Zn/c1-2-7-11-9-6-4-3-5-8(9)10;;/h2,4-6H,1,7H2;1H;/q-1;;+2/p-1. The average Bonchev–Trinajstić information content (AvgIpc) is 2.20. The molecule has 0 unspecified atom stereocenters. The van der Waals surface area contributed by atoms with Gasteiger partial charge in [-0.05, 0) is 5.02 Å². The molecule has 0 amide bonds. The summed E-state index contributed by atoms with van der Waals surface area (Å²) in [4.78, 5) is 0. The zero-order chi connectivity index (χ0) is 10.1. The van der Waals surface area contributed by atoms with Crippen molar-refractivity contribution < 1.29 is 21.1 Å². The predicted octanol–water partition coefficient (Wildman–Crippen LogP) is 3.55. The first kappa shape index (κ1) is 13.2. The molecule has 0 N–H and O–H groups in total. The summed E-state index contributed by atoms with van der Waals surface area (Å²) in [5.74, 6) is 0.672. The van der Waals surface area contributed by atoms with Crippen LogP contribution in [0.2, 0.25) is 5.02 Å². The van der Waals surface area contributed by atoms with Crippen LogP contribution in [0.15, 0.2) is 30.9 Å². The van der Waals surface area contributed by atoms with E-state index < -0.39 is 0 Å². The Morgan fingerprint density at radius 1 is 1.69 bits per heavy atom. The summed E-state index contributed by atoms with van der Waals surface area (Å²) in [6, 6.07) is 8.03. The molecule has 0 aliphatic rings. The van der Waals surface area contributed by atoms with E-state index in [-0.39, 0.29) is 0 Å². The molecule has 0 bridgehead atoms. The molecule has 13 heavy (non-hydrogen) atoms. The van der Waals surface area contributed by atoms with Crippen LogP contribution in [0.1, 0.15) is 0 Å². The summed E-state index contributed by atoms with van der Waals surface area (Å²) < 4.78 is 5.22. The second-order valence-electron chi connectivity index (χ2n) is 1.96. The second-order valence-corrected chi connectivity index (χ2v) is 2.36. The fraction of sp³-hybridized carbons (Fsp3) is 0.111. The monoisotopic (exact) mass is 310 g/mol. The van der Waals surface area contributed by atoms with Crippen LogP contribution in [-0.4, -0.2) is 6.61 Å². The van der Waals surface area contributed by atoms with Gasteiger partial charge in [-0.15, -0.1) is 6.07 Å². The average molecular weight is 313 g/mol. The van der Waals surface area contributed by atoms with Gasteiger partial charge in [-0.2, -0.15) is 29.8 Å². The molecule has 0 atom stereocenters. The van der Waals surface area contributed by atoms with Crippen molar-refractivity contribution in [2.24, 2.45) is 0 Å². The van der Waals surface area contributed by atoms with Crippen molar-refractivity contribution >= 4 is 25.2 Å². The quantitative estimate of drug-likeness (QED) is 0.471. The number of benzene rings is 1. The Labute approximate surface area is 100 Å². The van der Waals surface area contributed by atoms with Crippen molar-refractivity contribution in [1.29, 1.82) is 0 Å². The van der Waals surface area contributed by atoms with Gasteiger partial charge in [0.1, 0.15) is 6.61 Å². The second kappa shape index (κ2) is 8.74. The Morgan fingerprint density at radius 3 is 2.92 bits per heavy atom. The summed E-state index contributed by atoms with van der Waals surface area (Å²) in [5, 5.41) is 0.578. The Hall–Kier alpha value is 0.153. The first-order valence-corrected chi connectivity index (χ1v) is 10.8. The summed E-state index contributed by atoms with van der Waals surface area (Å²) in [7, 11) is 0. The molecule has 0 heterocycles. The molecule has 0 aliphatic carbocycles. The molecule has 1 aromatic rings. The van der Waals surface area contributed by atoms with Crippen molar-refractivity contribution in [3.63, 3.8) is 0 Å². The van der Waals surface area contributed by atoms with Gasteiger partial charge in [0.2, 0.25) is 0 Å². The van der Waals surface area contributed by atoms with E-state index in [1.165, 1.54) is 16.3 Å². The van der Waals surface area contributed by atoms with E-state index >= 15 is 0 Å². The third kappa shape index (κ3) is 5.46. The summed E-state index contributed by atoms with van der Waals surface area (Å²) >= 11 is 10.0. The molecule has 1 rings (SSSR count). The van der Waals surface area contributed by atoms with Gasteiger partial charge in [0.15, 0.2) is 0 Å².